The van der Waals surface area contributed by atoms with Crippen molar-refractivity contribution in [1.29, 1.82) is 0 Å². The minimum absolute atomic E-state index is 0. The number of aliphatic imine (C=N–C) groups is 1. The van der Waals surface area contributed by atoms with Gasteiger partial charge in [-0.05, 0) is 52.7 Å². The third-order valence-corrected chi connectivity index (χ3v) is 5.20. The molecule has 0 aromatic carbocycles. The van der Waals surface area contributed by atoms with E-state index >= 15 is 0 Å². The zero-order chi connectivity index (χ0) is 15.8. The Kier molecular flexibility index (Phi) is 10.0. The molecule has 2 rings (SSSR count). The van der Waals surface area contributed by atoms with E-state index in [2.05, 4.69) is 39.4 Å². The number of guanidine groups is 1. The van der Waals surface area contributed by atoms with Crippen LogP contribution in [0, 0.1) is 13.8 Å². The molecule has 0 unspecified atom stereocenters. The van der Waals surface area contributed by atoms with Crippen LogP contribution in [0.15, 0.2) is 4.99 Å². The van der Waals surface area contributed by atoms with Crippen molar-refractivity contribution in [2.75, 3.05) is 39.8 Å². The highest BCUT2D eigenvalue weighted by Gasteiger charge is 2.10. The molecule has 7 heteroatoms. The SMILES string of the molecule is CN=C(NCCCN1CCCC1)NCCc1nc(C)c(C)s1.I. The molecule has 0 aliphatic carbocycles. The monoisotopic (exact) mass is 451 g/mol. The molecule has 1 aliphatic heterocycles. The van der Waals surface area contributed by atoms with Gasteiger partial charge in [-0.2, -0.15) is 0 Å². The van der Waals surface area contributed by atoms with E-state index in [-0.39, 0.29) is 24.0 Å². The van der Waals surface area contributed by atoms with Crippen molar-refractivity contribution in [3.05, 3.63) is 15.6 Å². The summed E-state index contributed by atoms with van der Waals surface area (Å²) in [6, 6.07) is 0. The molecule has 1 fully saturated rings. The number of aromatic nitrogens is 1. The summed E-state index contributed by atoms with van der Waals surface area (Å²) in [6.07, 6.45) is 4.86. The van der Waals surface area contributed by atoms with E-state index < -0.39 is 0 Å². The highest BCUT2D eigenvalue weighted by molar-refractivity contribution is 14.0. The first-order chi connectivity index (χ1) is 10.7. The molecule has 1 saturated heterocycles. The zero-order valence-electron chi connectivity index (χ0n) is 14.5. The van der Waals surface area contributed by atoms with Gasteiger partial charge in [0.05, 0.1) is 10.7 Å². The minimum Gasteiger partial charge on any atom is -0.356 e. The number of likely N-dealkylation sites (tertiary alicyclic amines) is 1. The topological polar surface area (TPSA) is 52.6 Å². The quantitative estimate of drug-likeness (QED) is 0.290. The van der Waals surface area contributed by atoms with E-state index in [0.717, 1.165) is 31.2 Å². The second-order valence-corrected chi connectivity index (χ2v) is 7.12. The fraction of sp³-hybridized carbons (Fsp3) is 0.750. The van der Waals surface area contributed by atoms with Gasteiger partial charge in [-0.3, -0.25) is 4.99 Å². The Bertz CT molecular complexity index is 463. The Morgan fingerprint density at radius 3 is 2.52 bits per heavy atom. The average molecular weight is 451 g/mol. The molecule has 132 valence electrons. The number of hydrogen-bond acceptors (Lipinski definition) is 4. The second kappa shape index (κ2) is 11.2. The number of nitrogens with zero attached hydrogens (tertiary/aromatic N) is 3. The van der Waals surface area contributed by atoms with Gasteiger partial charge in [-0.25, -0.2) is 4.98 Å². The molecule has 1 aromatic heterocycles. The Balaban J connectivity index is 0.00000264. The van der Waals surface area contributed by atoms with Gasteiger partial charge in [0.15, 0.2) is 5.96 Å². The van der Waals surface area contributed by atoms with Gasteiger partial charge < -0.3 is 15.5 Å². The first kappa shape index (κ1) is 20.6. The summed E-state index contributed by atoms with van der Waals surface area (Å²) in [5.74, 6) is 0.895. The molecule has 0 saturated carbocycles. The van der Waals surface area contributed by atoms with Crippen LogP contribution >= 0.6 is 35.3 Å². The number of hydrogen-bond donors (Lipinski definition) is 2. The molecule has 0 spiro atoms. The van der Waals surface area contributed by atoms with Crippen molar-refractivity contribution in [2.24, 2.45) is 4.99 Å². The van der Waals surface area contributed by atoms with E-state index in [0.29, 0.717) is 0 Å². The fourth-order valence-corrected chi connectivity index (χ4v) is 3.60. The predicted molar refractivity (Wildman–Crippen MR) is 110 cm³/mol. The lowest BCUT2D eigenvalue weighted by molar-refractivity contribution is 0.334. The van der Waals surface area contributed by atoms with E-state index in [1.54, 1.807) is 11.3 Å². The van der Waals surface area contributed by atoms with Crippen LogP contribution in [-0.4, -0.2) is 55.6 Å². The molecule has 0 amide bonds. The van der Waals surface area contributed by atoms with Crippen molar-refractivity contribution in [3.8, 4) is 0 Å². The van der Waals surface area contributed by atoms with Gasteiger partial charge in [0.1, 0.15) is 0 Å². The van der Waals surface area contributed by atoms with E-state index in [4.69, 9.17) is 0 Å². The van der Waals surface area contributed by atoms with Gasteiger partial charge in [0, 0.05) is 31.4 Å². The number of halogens is 1. The lowest BCUT2D eigenvalue weighted by Crippen LogP contribution is -2.39. The zero-order valence-corrected chi connectivity index (χ0v) is 17.7. The third-order valence-electron chi connectivity index (χ3n) is 4.07. The normalized spacial score (nSPS) is 15.5. The molecule has 5 nitrogen and oxygen atoms in total. The number of thiazole rings is 1. The summed E-state index contributed by atoms with van der Waals surface area (Å²) in [6.45, 7) is 9.80. The van der Waals surface area contributed by atoms with Crippen LogP contribution in [-0.2, 0) is 6.42 Å². The summed E-state index contributed by atoms with van der Waals surface area (Å²) >= 11 is 1.79. The predicted octanol–water partition coefficient (Wildman–Crippen LogP) is 2.57. The standard InChI is InChI=1S/C16H29N5S.HI/c1-13-14(2)22-15(20-13)7-9-19-16(17-3)18-8-6-12-21-10-4-5-11-21;/h4-12H2,1-3H3,(H2,17,18,19);1H. The van der Waals surface area contributed by atoms with Gasteiger partial charge in [-0.1, -0.05) is 0 Å². The van der Waals surface area contributed by atoms with E-state index in [1.165, 1.54) is 48.8 Å². The summed E-state index contributed by atoms with van der Waals surface area (Å²) in [4.78, 5) is 12.7. The van der Waals surface area contributed by atoms with Gasteiger partial charge in [-0.15, -0.1) is 35.3 Å². The second-order valence-electron chi connectivity index (χ2n) is 5.83. The minimum atomic E-state index is 0. The van der Waals surface area contributed by atoms with Crippen LogP contribution < -0.4 is 10.6 Å². The lowest BCUT2D eigenvalue weighted by atomic mass is 10.4. The molecular formula is C16H30IN5S. The van der Waals surface area contributed by atoms with Crippen LogP contribution in [0.2, 0.25) is 0 Å². The number of rotatable bonds is 7. The maximum absolute atomic E-state index is 4.57. The van der Waals surface area contributed by atoms with Gasteiger partial charge >= 0.3 is 0 Å². The molecule has 2 heterocycles. The smallest absolute Gasteiger partial charge is 0.190 e. The van der Waals surface area contributed by atoms with Crippen molar-refractivity contribution in [1.82, 2.24) is 20.5 Å². The molecule has 23 heavy (non-hydrogen) atoms. The molecule has 0 bridgehead atoms. The molecule has 1 aromatic rings. The van der Waals surface area contributed by atoms with Crippen LogP contribution in [0.5, 0.6) is 0 Å². The maximum Gasteiger partial charge on any atom is 0.190 e. The average Bonchev–Trinajstić information content (AvgIpc) is 3.12. The van der Waals surface area contributed by atoms with Gasteiger partial charge in [0.2, 0.25) is 0 Å². The Morgan fingerprint density at radius 1 is 1.22 bits per heavy atom. The van der Waals surface area contributed by atoms with Crippen molar-refractivity contribution >= 4 is 41.3 Å². The lowest BCUT2D eigenvalue weighted by Gasteiger charge is -2.15. The van der Waals surface area contributed by atoms with Crippen molar-refractivity contribution in [2.45, 2.75) is 39.5 Å². The maximum atomic E-state index is 4.57. The molecule has 0 atom stereocenters. The summed E-state index contributed by atoms with van der Waals surface area (Å²) in [7, 11) is 1.83. The van der Waals surface area contributed by atoms with Crippen LogP contribution in [0.25, 0.3) is 0 Å². The van der Waals surface area contributed by atoms with Crippen molar-refractivity contribution < 1.29 is 0 Å². The Morgan fingerprint density at radius 2 is 1.91 bits per heavy atom. The van der Waals surface area contributed by atoms with Crippen molar-refractivity contribution in [3.63, 3.8) is 0 Å². The van der Waals surface area contributed by atoms with Crippen LogP contribution in [0.1, 0.15) is 34.8 Å². The van der Waals surface area contributed by atoms with Crippen LogP contribution in [0.4, 0.5) is 0 Å². The highest BCUT2D eigenvalue weighted by Crippen LogP contribution is 2.16. The van der Waals surface area contributed by atoms with E-state index in [1.807, 2.05) is 7.05 Å². The fourth-order valence-electron chi connectivity index (χ4n) is 2.67. The third kappa shape index (κ3) is 7.34. The molecule has 1 aliphatic rings. The summed E-state index contributed by atoms with van der Waals surface area (Å²) < 4.78 is 0. The highest BCUT2D eigenvalue weighted by atomic mass is 127. The largest absolute Gasteiger partial charge is 0.356 e. The number of aryl methyl sites for hydroxylation is 2. The molecule has 0 radical (unpaired) electrons. The first-order valence-electron chi connectivity index (χ1n) is 8.29. The number of nitrogens with one attached hydrogen (secondary N) is 2. The molecule has 2 N–H and O–H groups in total. The summed E-state index contributed by atoms with van der Waals surface area (Å²) in [5, 5.41) is 7.96. The van der Waals surface area contributed by atoms with Crippen LogP contribution in [0.3, 0.4) is 0 Å². The Labute approximate surface area is 161 Å². The van der Waals surface area contributed by atoms with Gasteiger partial charge in [0.25, 0.3) is 0 Å². The molecular weight excluding hydrogens is 421 g/mol. The first-order valence-corrected chi connectivity index (χ1v) is 9.10. The Hall–Kier alpha value is -0.410. The van der Waals surface area contributed by atoms with E-state index in [9.17, 15) is 0 Å². The summed E-state index contributed by atoms with van der Waals surface area (Å²) in [5.41, 5.74) is 1.16.